The Bertz CT molecular complexity index is 345. The van der Waals surface area contributed by atoms with Gasteiger partial charge in [0, 0.05) is 18.6 Å². The van der Waals surface area contributed by atoms with Crippen molar-refractivity contribution in [2.24, 2.45) is 11.8 Å². The van der Waals surface area contributed by atoms with E-state index in [2.05, 4.69) is 9.97 Å². The standard InChI is InChI=1S/C12H16N2O2/c15-12(16)10-3-1-9(2-4-10)7-11-8-13-5-6-14-11/h5-6,8-10H,1-4,7H2,(H,15,16)/t9-,10-. The molecule has 1 aromatic rings. The molecule has 0 saturated heterocycles. The fraction of sp³-hybridized carbons (Fsp3) is 0.583. The van der Waals surface area contributed by atoms with Gasteiger partial charge in [-0.05, 0) is 38.0 Å². The third-order valence-corrected chi connectivity index (χ3v) is 3.31. The average Bonchev–Trinajstić information content (AvgIpc) is 2.31. The molecule has 0 amide bonds. The van der Waals surface area contributed by atoms with Crippen molar-refractivity contribution in [1.29, 1.82) is 0 Å². The molecule has 1 saturated carbocycles. The van der Waals surface area contributed by atoms with Crippen molar-refractivity contribution in [1.82, 2.24) is 9.97 Å². The summed E-state index contributed by atoms with van der Waals surface area (Å²) in [4.78, 5) is 19.1. The largest absolute Gasteiger partial charge is 0.481 e. The topological polar surface area (TPSA) is 63.1 Å². The first-order chi connectivity index (χ1) is 7.75. The zero-order chi connectivity index (χ0) is 11.4. The van der Waals surface area contributed by atoms with E-state index in [1.165, 1.54) is 0 Å². The molecule has 1 fully saturated rings. The van der Waals surface area contributed by atoms with Gasteiger partial charge >= 0.3 is 5.97 Å². The monoisotopic (exact) mass is 220 g/mol. The zero-order valence-electron chi connectivity index (χ0n) is 9.17. The van der Waals surface area contributed by atoms with Gasteiger partial charge in [0.25, 0.3) is 0 Å². The molecular weight excluding hydrogens is 204 g/mol. The van der Waals surface area contributed by atoms with Gasteiger partial charge in [-0.25, -0.2) is 0 Å². The molecule has 0 aliphatic heterocycles. The van der Waals surface area contributed by atoms with Crippen molar-refractivity contribution >= 4 is 5.97 Å². The second kappa shape index (κ2) is 5.05. The van der Waals surface area contributed by atoms with E-state index in [0.29, 0.717) is 5.92 Å². The molecule has 16 heavy (non-hydrogen) atoms. The Kier molecular flexibility index (Phi) is 3.49. The number of carboxylic acids is 1. The lowest BCUT2D eigenvalue weighted by Gasteiger charge is -2.25. The van der Waals surface area contributed by atoms with Gasteiger partial charge in [-0.1, -0.05) is 0 Å². The van der Waals surface area contributed by atoms with E-state index in [-0.39, 0.29) is 5.92 Å². The van der Waals surface area contributed by atoms with E-state index in [1.54, 1.807) is 18.6 Å². The third-order valence-electron chi connectivity index (χ3n) is 3.31. The maximum Gasteiger partial charge on any atom is 0.306 e. The van der Waals surface area contributed by atoms with Gasteiger partial charge in [0.1, 0.15) is 0 Å². The number of hydrogen-bond donors (Lipinski definition) is 1. The highest BCUT2D eigenvalue weighted by Crippen LogP contribution is 2.30. The predicted molar refractivity (Wildman–Crippen MR) is 58.8 cm³/mol. The highest BCUT2D eigenvalue weighted by atomic mass is 16.4. The summed E-state index contributed by atoms with van der Waals surface area (Å²) in [7, 11) is 0. The summed E-state index contributed by atoms with van der Waals surface area (Å²) < 4.78 is 0. The lowest BCUT2D eigenvalue weighted by molar-refractivity contribution is -0.143. The number of nitrogens with zero attached hydrogens (tertiary/aromatic N) is 2. The Labute approximate surface area is 94.7 Å². The van der Waals surface area contributed by atoms with Crippen LogP contribution >= 0.6 is 0 Å². The van der Waals surface area contributed by atoms with Crippen LogP contribution in [0.3, 0.4) is 0 Å². The number of aromatic nitrogens is 2. The van der Waals surface area contributed by atoms with Crippen LogP contribution < -0.4 is 0 Å². The Morgan fingerprint density at radius 1 is 1.31 bits per heavy atom. The Morgan fingerprint density at radius 2 is 2.06 bits per heavy atom. The van der Waals surface area contributed by atoms with Crippen molar-refractivity contribution in [2.75, 3.05) is 0 Å². The number of aliphatic carboxylic acids is 1. The van der Waals surface area contributed by atoms with Crippen LogP contribution in [0.4, 0.5) is 0 Å². The molecule has 1 aliphatic carbocycles. The van der Waals surface area contributed by atoms with Gasteiger partial charge in [-0.3, -0.25) is 14.8 Å². The molecule has 4 nitrogen and oxygen atoms in total. The molecule has 1 heterocycles. The fourth-order valence-corrected chi connectivity index (χ4v) is 2.34. The van der Waals surface area contributed by atoms with Crippen molar-refractivity contribution < 1.29 is 9.90 Å². The van der Waals surface area contributed by atoms with Crippen molar-refractivity contribution in [3.05, 3.63) is 24.3 Å². The van der Waals surface area contributed by atoms with E-state index in [0.717, 1.165) is 37.8 Å². The summed E-state index contributed by atoms with van der Waals surface area (Å²) >= 11 is 0. The first-order valence-electron chi connectivity index (χ1n) is 5.73. The fourth-order valence-electron chi connectivity index (χ4n) is 2.34. The SMILES string of the molecule is O=C(O)[C@H]1CC[C@H](Cc2cnccn2)CC1. The lowest BCUT2D eigenvalue weighted by Crippen LogP contribution is -2.22. The minimum Gasteiger partial charge on any atom is -0.481 e. The minimum atomic E-state index is -0.641. The first-order valence-corrected chi connectivity index (χ1v) is 5.73. The molecule has 0 bridgehead atoms. The molecule has 0 spiro atoms. The zero-order valence-corrected chi connectivity index (χ0v) is 9.17. The lowest BCUT2D eigenvalue weighted by atomic mass is 9.80. The van der Waals surface area contributed by atoms with Crippen molar-refractivity contribution in [3.63, 3.8) is 0 Å². The van der Waals surface area contributed by atoms with E-state index < -0.39 is 5.97 Å². The molecule has 2 rings (SSSR count). The maximum atomic E-state index is 10.8. The summed E-state index contributed by atoms with van der Waals surface area (Å²) in [5.41, 5.74) is 1.02. The van der Waals surface area contributed by atoms with Crippen LogP contribution in [0, 0.1) is 11.8 Å². The Hall–Kier alpha value is -1.45. The minimum absolute atomic E-state index is 0.127. The summed E-state index contributed by atoms with van der Waals surface area (Å²) in [6.07, 6.45) is 9.70. The van der Waals surface area contributed by atoms with Gasteiger partial charge in [0.15, 0.2) is 0 Å². The normalized spacial score (nSPS) is 25.2. The van der Waals surface area contributed by atoms with Crippen LogP contribution in [0.1, 0.15) is 31.4 Å². The molecule has 86 valence electrons. The van der Waals surface area contributed by atoms with Gasteiger partial charge in [0.2, 0.25) is 0 Å². The van der Waals surface area contributed by atoms with E-state index in [4.69, 9.17) is 5.11 Å². The number of rotatable bonds is 3. The highest BCUT2D eigenvalue weighted by molar-refractivity contribution is 5.69. The predicted octanol–water partition coefficient (Wildman–Crippen LogP) is 1.91. The van der Waals surface area contributed by atoms with Gasteiger partial charge in [-0.2, -0.15) is 0 Å². The van der Waals surface area contributed by atoms with Gasteiger partial charge in [0.05, 0.1) is 11.6 Å². The van der Waals surface area contributed by atoms with Crippen LogP contribution in [-0.4, -0.2) is 21.0 Å². The highest BCUT2D eigenvalue weighted by Gasteiger charge is 2.25. The molecule has 1 aromatic heterocycles. The molecule has 1 N–H and O–H groups in total. The van der Waals surface area contributed by atoms with Crippen LogP contribution in [0.15, 0.2) is 18.6 Å². The molecule has 4 heteroatoms. The summed E-state index contributed by atoms with van der Waals surface area (Å²) in [5.74, 6) is -0.191. The van der Waals surface area contributed by atoms with E-state index in [9.17, 15) is 4.79 Å². The first kappa shape index (κ1) is 11.0. The van der Waals surface area contributed by atoms with E-state index in [1.807, 2.05) is 0 Å². The van der Waals surface area contributed by atoms with Crippen LogP contribution in [0.5, 0.6) is 0 Å². The Balaban J connectivity index is 1.84. The molecule has 0 aromatic carbocycles. The molecule has 0 atom stereocenters. The van der Waals surface area contributed by atoms with Crippen LogP contribution in [-0.2, 0) is 11.2 Å². The number of hydrogen-bond acceptors (Lipinski definition) is 3. The second-order valence-corrected chi connectivity index (χ2v) is 4.46. The molecule has 0 radical (unpaired) electrons. The van der Waals surface area contributed by atoms with Crippen molar-refractivity contribution in [3.8, 4) is 0 Å². The average molecular weight is 220 g/mol. The second-order valence-electron chi connectivity index (χ2n) is 4.46. The number of carbonyl (C=O) groups is 1. The van der Waals surface area contributed by atoms with Gasteiger partial charge in [-0.15, -0.1) is 0 Å². The quantitative estimate of drug-likeness (QED) is 0.845. The number of carboxylic acid groups (broad SMARTS) is 1. The summed E-state index contributed by atoms with van der Waals surface area (Å²) in [6.45, 7) is 0. The summed E-state index contributed by atoms with van der Waals surface area (Å²) in [5, 5.41) is 8.89. The van der Waals surface area contributed by atoms with E-state index >= 15 is 0 Å². The smallest absolute Gasteiger partial charge is 0.306 e. The third kappa shape index (κ3) is 2.78. The van der Waals surface area contributed by atoms with Crippen molar-refractivity contribution in [2.45, 2.75) is 32.1 Å². The maximum absolute atomic E-state index is 10.8. The molecular formula is C12H16N2O2. The van der Waals surface area contributed by atoms with Crippen LogP contribution in [0.2, 0.25) is 0 Å². The Morgan fingerprint density at radius 3 is 2.62 bits per heavy atom. The van der Waals surface area contributed by atoms with Crippen LogP contribution in [0.25, 0.3) is 0 Å². The van der Waals surface area contributed by atoms with Gasteiger partial charge < -0.3 is 5.11 Å². The summed E-state index contributed by atoms with van der Waals surface area (Å²) in [6, 6.07) is 0. The molecule has 1 aliphatic rings. The molecule has 0 unspecified atom stereocenters.